The Morgan fingerprint density at radius 3 is 2.20 bits per heavy atom. The van der Waals surface area contributed by atoms with Gasteiger partial charge in [-0.25, -0.2) is 8.42 Å². The molecular formula is C34H29ClN2O7S. The lowest BCUT2D eigenvalue weighted by atomic mass is 10.1. The van der Waals surface area contributed by atoms with Gasteiger partial charge in [0.25, 0.3) is 0 Å². The summed E-state index contributed by atoms with van der Waals surface area (Å²) in [6.07, 6.45) is 0.406. The van der Waals surface area contributed by atoms with Crippen LogP contribution < -0.4 is 24.5 Å². The van der Waals surface area contributed by atoms with Crippen LogP contribution in [0.25, 0.3) is 22.3 Å². The number of hydrogen-bond donors (Lipinski definition) is 1. The third-order valence-corrected chi connectivity index (χ3v) is 9.43. The molecule has 2 heterocycles. The number of ether oxygens (including phenoxy) is 2. The minimum absolute atomic E-state index is 0.0437. The van der Waals surface area contributed by atoms with Crippen molar-refractivity contribution in [3.8, 4) is 22.8 Å². The number of carbonyl (C=O) groups is 1. The number of sulfonamides is 1. The summed E-state index contributed by atoms with van der Waals surface area (Å²) in [6, 6.07) is 26.9. The first-order valence-electron chi connectivity index (χ1n) is 14.3. The maximum Gasteiger partial charge on any atom is 0.235 e. The quantitative estimate of drug-likeness (QED) is 0.188. The first-order chi connectivity index (χ1) is 21.7. The topological polar surface area (TPSA) is 115 Å². The van der Waals surface area contributed by atoms with E-state index in [4.69, 9.17) is 25.5 Å². The molecule has 1 aliphatic rings. The number of hydrogen-bond acceptors (Lipinski definition) is 7. The highest BCUT2D eigenvalue weighted by molar-refractivity contribution is 7.93. The molecule has 230 valence electrons. The Hall–Kier alpha value is -4.80. The number of nitrogens with zero attached hydrogens (tertiary/aromatic N) is 1. The van der Waals surface area contributed by atoms with E-state index >= 15 is 0 Å². The molecule has 1 fully saturated rings. The summed E-state index contributed by atoms with van der Waals surface area (Å²) < 4.78 is 45.7. The van der Waals surface area contributed by atoms with Crippen LogP contribution in [-0.4, -0.2) is 26.6 Å². The van der Waals surface area contributed by atoms with Gasteiger partial charge in [-0.15, -0.1) is 0 Å². The molecule has 4 aromatic carbocycles. The highest BCUT2D eigenvalue weighted by Crippen LogP contribution is 2.40. The average molecular weight is 645 g/mol. The maximum absolute atomic E-state index is 14.2. The zero-order valence-corrected chi connectivity index (χ0v) is 25.9. The van der Waals surface area contributed by atoms with Gasteiger partial charge in [0.15, 0.2) is 11.3 Å². The van der Waals surface area contributed by atoms with E-state index in [0.29, 0.717) is 24.3 Å². The summed E-state index contributed by atoms with van der Waals surface area (Å²) in [5, 5.41) is 3.00. The van der Waals surface area contributed by atoms with Crippen molar-refractivity contribution in [1.82, 2.24) is 0 Å². The molecule has 1 amide bonds. The van der Waals surface area contributed by atoms with Crippen molar-refractivity contribution < 1.29 is 27.1 Å². The smallest absolute Gasteiger partial charge is 0.235 e. The van der Waals surface area contributed by atoms with Gasteiger partial charge in [0.1, 0.15) is 19.0 Å². The molecule has 0 atom stereocenters. The molecule has 0 spiro atoms. The van der Waals surface area contributed by atoms with Crippen LogP contribution in [0.15, 0.2) is 100 Å². The van der Waals surface area contributed by atoms with Crippen LogP contribution in [-0.2, 0) is 28.0 Å². The summed E-state index contributed by atoms with van der Waals surface area (Å²) in [7, 11) is -3.68. The van der Waals surface area contributed by atoms with Crippen LogP contribution in [0, 0.1) is 0 Å². The van der Waals surface area contributed by atoms with E-state index in [1.807, 2.05) is 60.7 Å². The molecular weight excluding hydrogens is 616 g/mol. The monoisotopic (exact) mass is 644 g/mol. The Morgan fingerprint density at radius 2 is 1.60 bits per heavy atom. The van der Waals surface area contributed by atoms with E-state index in [0.717, 1.165) is 11.1 Å². The molecule has 0 radical (unpaired) electrons. The summed E-state index contributed by atoms with van der Waals surface area (Å²) in [6.45, 7) is 1.90. The van der Waals surface area contributed by atoms with Crippen LogP contribution in [0.4, 0.5) is 11.4 Å². The zero-order chi connectivity index (χ0) is 31.6. The second-order valence-corrected chi connectivity index (χ2v) is 13.0. The number of rotatable bonds is 9. The van der Waals surface area contributed by atoms with Crippen LogP contribution in [0.3, 0.4) is 0 Å². The Morgan fingerprint density at radius 1 is 0.933 bits per heavy atom. The van der Waals surface area contributed by atoms with Gasteiger partial charge >= 0.3 is 0 Å². The lowest BCUT2D eigenvalue weighted by Crippen LogP contribution is -2.26. The van der Waals surface area contributed by atoms with Crippen molar-refractivity contribution in [3.05, 3.63) is 117 Å². The van der Waals surface area contributed by atoms with Gasteiger partial charge in [0.2, 0.25) is 27.1 Å². The number of nitrogens with one attached hydrogen (secondary N) is 1. The molecule has 0 aliphatic carbocycles. The first kappa shape index (κ1) is 30.2. The SMILES string of the molecule is CC(=O)Nc1cc(N2CCCS2(=O)=O)c2oc(-c3ccc(OCc4ccccc4)c(Cl)c3)c(OCc3ccccc3)c(=O)c2c1. The molecule has 9 nitrogen and oxygen atoms in total. The summed E-state index contributed by atoms with van der Waals surface area (Å²) >= 11 is 6.66. The van der Waals surface area contributed by atoms with E-state index in [1.54, 1.807) is 18.2 Å². The molecule has 1 aromatic heterocycles. The molecule has 0 unspecified atom stereocenters. The van der Waals surface area contributed by atoms with Gasteiger partial charge < -0.3 is 19.2 Å². The summed E-state index contributed by atoms with van der Waals surface area (Å²) in [4.78, 5) is 26.2. The van der Waals surface area contributed by atoms with Gasteiger partial charge in [0, 0.05) is 24.7 Å². The molecule has 1 N–H and O–H groups in total. The molecule has 0 saturated carbocycles. The third kappa shape index (κ3) is 6.52. The number of amides is 1. The van der Waals surface area contributed by atoms with Crippen LogP contribution in [0.2, 0.25) is 5.02 Å². The predicted octanol–water partition coefficient (Wildman–Crippen LogP) is 6.77. The van der Waals surface area contributed by atoms with E-state index in [9.17, 15) is 18.0 Å². The average Bonchev–Trinajstić information content (AvgIpc) is 3.39. The highest BCUT2D eigenvalue weighted by atomic mass is 35.5. The van der Waals surface area contributed by atoms with Gasteiger partial charge in [-0.3, -0.25) is 13.9 Å². The van der Waals surface area contributed by atoms with Gasteiger partial charge in [-0.2, -0.15) is 0 Å². The minimum Gasteiger partial charge on any atom is -0.487 e. The summed E-state index contributed by atoms with van der Waals surface area (Å²) in [5.41, 5.74) is 2.13. The maximum atomic E-state index is 14.2. The van der Waals surface area contributed by atoms with Crippen molar-refractivity contribution in [3.63, 3.8) is 0 Å². The fourth-order valence-electron chi connectivity index (χ4n) is 5.18. The van der Waals surface area contributed by atoms with Crippen molar-refractivity contribution in [2.24, 2.45) is 0 Å². The van der Waals surface area contributed by atoms with Crippen molar-refractivity contribution in [2.45, 2.75) is 26.6 Å². The van der Waals surface area contributed by atoms with Gasteiger partial charge in [-0.1, -0.05) is 72.3 Å². The van der Waals surface area contributed by atoms with Gasteiger partial charge in [0.05, 0.1) is 21.8 Å². The number of benzene rings is 4. The van der Waals surface area contributed by atoms with Crippen molar-refractivity contribution in [1.29, 1.82) is 0 Å². The number of halogens is 1. The van der Waals surface area contributed by atoms with E-state index in [-0.39, 0.29) is 63.7 Å². The molecule has 11 heteroatoms. The summed E-state index contributed by atoms with van der Waals surface area (Å²) in [5.74, 6) is -0.00666. The Bertz CT molecular complexity index is 2050. The fraction of sp³-hybridized carbons (Fsp3) is 0.176. The first-order valence-corrected chi connectivity index (χ1v) is 16.2. The highest BCUT2D eigenvalue weighted by Gasteiger charge is 2.32. The van der Waals surface area contributed by atoms with E-state index in [2.05, 4.69) is 5.32 Å². The van der Waals surface area contributed by atoms with Crippen LogP contribution in [0.1, 0.15) is 24.5 Å². The lowest BCUT2D eigenvalue weighted by Gasteiger charge is -2.21. The minimum atomic E-state index is -3.68. The van der Waals surface area contributed by atoms with Crippen LogP contribution >= 0.6 is 11.6 Å². The van der Waals surface area contributed by atoms with E-state index in [1.165, 1.54) is 23.4 Å². The second-order valence-electron chi connectivity index (χ2n) is 10.6. The third-order valence-electron chi connectivity index (χ3n) is 7.28. The zero-order valence-electron chi connectivity index (χ0n) is 24.3. The van der Waals surface area contributed by atoms with Gasteiger partial charge in [-0.05, 0) is 47.9 Å². The molecule has 1 saturated heterocycles. The molecule has 6 rings (SSSR count). The molecule has 45 heavy (non-hydrogen) atoms. The Labute approximate surface area is 265 Å². The molecule has 1 aliphatic heterocycles. The number of anilines is 2. The van der Waals surface area contributed by atoms with Crippen molar-refractivity contribution in [2.75, 3.05) is 21.9 Å². The predicted molar refractivity (Wildman–Crippen MR) is 175 cm³/mol. The molecule has 0 bridgehead atoms. The van der Waals surface area contributed by atoms with Crippen molar-refractivity contribution >= 4 is 49.9 Å². The number of fused-ring (bicyclic) bond motifs is 1. The Balaban J connectivity index is 1.50. The van der Waals surface area contributed by atoms with Crippen LogP contribution in [0.5, 0.6) is 11.5 Å². The number of carbonyl (C=O) groups excluding carboxylic acids is 1. The largest absolute Gasteiger partial charge is 0.487 e. The fourth-order valence-corrected chi connectivity index (χ4v) is 6.97. The van der Waals surface area contributed by atoms with E-state index < -0.39 is 15.5 Å². The molecule has 5 aromatic rings. The lowest BCUT2D eigenvalue weighted by molar-refractivity contribution is -0.114. The Kier molecular flexibility index (Phi) is 8.51. The second kappa shape index (κ2) is 12.7. The standard InChI is InChI=1S/C34H29ClN2O7S/c1-22(38)36-26-18-27-31(39)34(43-21-24-11-6-3-7-12-24)32(44-33(27)29(19-26)37-15-8-16-45(37,40)41)25-13-14-30(28(35)17-25)42-20-23-9-4-2-5-10-23/h2-7,9-14,17-19H,8,15-16,20-21H2,1H3,(H,36,38). The normalized spacial score (nSPS) is 14.0.